The highest BCUT2D eigenvalue weighted by Crippen LogP contribution is 2.23. The topological polar surface area (TPSA) is 69.0 Å². The van der Waals surface area contributed by atoms with E-state index in [1.807, 2.05) is 56.7 Å². The van der Waals surface area contributed by atoms with Gasteiger partial charge in [0.1, 0.15) is 11.6 Å². The van der Waals surface area contributed by atoms with E-state index < -0.39 is 0 Å². The van der Waals surface area contributed by atoms with Crippen molar-refractivity contribution < 1.29 is 9.53 Å². The highest BCUT2D eigenvalue weighted by molar-refractivity contribution is 8.00. The van der Waals surface area contributed by atoms with E-state index in [9.17, 15) is 4.79 Å². The second kappa shape index (κ2) is 7.31. The van der Waals surface area contributed by atoms with Crippen molar-refractivity contribution >= 4 is 23.4 Å². The van der Waals surface area contributed by atoms with E-state index in [0.717, 1.165) is 22.4 Å². The molecule has 2 aromatic rings. The highest BCUT2D eigenvalue weighted by atomic mass is 32.2. The van der Waals surface area contributed by atoms with Crippen molar-refractivity contribution in [1.29, 1.82) is 0 Å². The molecule has 1 heterocycles. The van der Waals surface area contributed by atoms with Crippen LogP contribution in [0.25, 0.3) is 0 Å². The normalized spacial score (nSPS) is 12.0. The largest absolute Gasteiger partial charge is 0.494 e. The van der Waals surface area contributed by atoms with Crippen molar-refractivity contribution in [2.45, 2.75) is 31.2 Å². The third-order valence-electron chi connectivity index (χ3n) is 3.14. The van der Waals surface area contributed by atoms with Crippen LogP contribution >= 0.6 is 11.8 Å². The van der Waals surface area contributed by atoms with Crippen LogP contribution in [0.1, 0.15) is 19.7 Å². The number of hydrogen-bond donors (Lipinski definition) is 1. The van der Waals surface area contributed by atoms with Crippen LogP contribution in [0.4, 0.5) is 5.69 Å². The van der Waals surface area contributed by atoms with Crippen molar-refractivity contribution in [1.82, 2.24) is 14.8 Å². The molecular weight excluding hydrogens is 300 g/mol. The zero-order valence-electron chi connectivity index (χ0n) is 13.2. The lowest BCUT2D eigenvalue weighted by Gasteiger charge is -2.12. The van der Waals surface area contributed by atoms with Gasteiger partial charge in [-0.15, -0.1) is 10.2 Å². The molecule has 0 radical (unpaired) electrons. The lowest BCUT2D eigenvalue weighted by molar-refractivity contribution is -0.115. The predicted molar refractivity (Wildman–Crippen MR) is 87.3 cm³/mol. The number of anilines is 1. The molecule has 118 valence electrons. The average Bonchev–Trinajstić information content (AvgIpc) is 2.81. The minimum Gasteiger partial charge on any atom is -0.494 e. The fourth-order valence-electron chi connectivity index (χ4n) is 1.75. The molecule has 0 unspecified atom stereocenters. The van der Waals surface area contributed by atoms with Crippen molar-refractivity contribution in [3.8, 4) is 5.75 Å². The summed E-state index contributed by atoms with van der Waals surface area (Å²) in [6, 6.07) is 7.32. The number of ether oxygens (including phenoxy) is 1. The molecule has 0 saturated carbocycles. The third kappa shape index (κ3) is 4.00. The number of thioether (sulfide) groups is 1. The monoisotopic (exact) mass is 320 g/mol. The number of amides is 1. The average molecular weight is 320 g/mol. The van der Waals surface area contributed by atoms with Crippen LogP contribution in [0.3, 0.4) is 0 Å². The third-order valence-corrected chi connectivity index (χ3v) is 4.27. The van der Waals surface area contributed by atoms with Gasteiger partial charge in [0.25, 0.3) is 0 Å². The van der Waals surface area contributed by atoms with Crippen LogP contribution < -0.4 is 10.1 Å². The fourth-order valence-corrected chi connectivity index (χ4v) is 2.61. The van der Waals surface area contributed by atoms with Gasteiger partial charge in [-0.05, 0) is 45.0 Å². The summed E-state index contributed by atoms with van der Waals surface area (Å²) in [5, 5.41) is 11.4. The van der Waals surface area contributed by atoms with Crippen LogP contribution in [0.2, 0.25) is 0 Å². The van der Waals surface area contributed by atoms with Gasteiger partial charge in [0.2, 0.25) is 5.91 Å². The molecule has 7 heteroatoms. The van der Waals surface area contributed by atoms with Gasteiger partial charge in [0, 0.05) is 12.7 Å². The van der Waals surface area contributed by atoms with Crippen molar-refractivity contribution in [2.24, 2.45) is 7.05 Å². The predicted octanol–water partition coefficient (Wildman–Crippen LogP) is 2.64. The van der Waals surface area contributed by atoms with E-state index in [2.05, 4.69) is 15.5 Å². The van der Waals surface area contributed by atoms with Gasteiger partial charge < -0.3 is 14.6 Å². The molecule has 1 aromatic heterocycles. The van der Waals surface area contributed by atoms with Gasteiger partial charge in [-0.3, -0.25) is 4.79 Å². The van der Waals surface area contributed by atoms with Crippen LogP contribution in [0, 0.1) is 6.92 Å². The van der Waals surface area contributed by atoms with Gasteiger partial charge in [-0.25, -0.2) is 0 Å². The molecule has 0 bridgehead atoms. The number of carbonyl (C=O) groups is 1. The Hall–Kier alpha value is -2.02. The highest BCUT2D eigenvalue weighted by Gasteiger charge is 2.18. The number of nitrogens with zero attached hydrogens (tertiary/aromatic N) is 3. The molecule has 0 aliphatic rings. The molecular formula is C15H20N4O2S. The first kappa shape index (κ1) is 16.4. The van der Waals surface area contributed by atoms with Crippen LogP contribution in [0.5, 0.6) is 5.75 Å². The fraction of sp³-hybridized carbons (Fsp3) is 0.400. The zero-order chi connectivity index (χ0) is 16.1. The van der Waals surface area contributed by atoms with Crippen molar-refractivity contribution in [2.75, 3.05) is 11.9 Å². The van der Waals surface area contributed by atoms with E-state index in [-0.39, 0.29) is 11.2 Å². The van der Waals surface area contributed by atoms with Gasteiger partial charge in [0.05, 0.1) is 11.9 Å². The Morgan fingerprint density at radius 2 is 2.05 bits per heavy atom. The number of aromatic nitrogens is 3. The summed E-state index contributed by atoms with van der Waals surface area (Å²) in [4.78, 5) is 12.2. The molecule has 0 aliphatic heterocycles. The summed E-state index contributed by atoms with van der Waals surface area (Å²) < 4.78 is 7.24. The van der Waals surface area contributed by atoms with Crippen LogP contribution in [0.15, 0.2) is 29.4 Å². The quantitative estimate of drug-likeness (QED) is 0.829. The molecule has 1 amide bonds. The molecule has 1 aromatic carbocycles. The summed E-state index contributed by atoms with van der Waals surface area (Å²) in [5.41, 5.74) is 0.745. The first-order chi connectivity index (χ1) is 10.5. The molecule has 0 fully saturated rings. The Balaban J connectivity index is 1.94. The smallest absolute Gasteiger partial charge is 0.237 e. The van der Waals surface area contributed by atoms with Gasteiger partial charge in [-0.2, -0.15) is 0 Å². The number of hydrogen-bond acceptors (Lipinski definition) is 5. The minimum atomic E-state index is -0.270. The number of carbonyl (C=O) groups excluding carboxylic acids is 1. The second-order valence-corrected chi connectivity index (χ2v) is 6.10. The van der Waals surface area contributed by atoms with E-state index in [1.165, 1.54) is 11.8 Å². The number of rotatable bonds is 6. The number of nitrogens with one attached hydrogen (secondary N) is 1. The first-order valence-corrected chi connectivity index (χ1v) is 7.95. The standard InChI is InChI=1S/C15H20N4O2S/c1-5-21-13-8-6-12(7-9-13)16-14(20)10(2)22-15-18-17-11(3)19(15)4/h6-10H,5H2,1-4H3,(H,16,20)/t10-/m0/s1. The minimum absolute atomic E-state index is 0.0742. The van der Waals surface area contributed by atoms with E-state index in [4.69, 9.17) is 4.74 Å². The van der Waals surface area contributed by atoms with Crippen LogP contribution in [-0.4, -0.2) is 32.5 Å². The Bertz CT molecular complexity index is 639. The zero-order valence-corrected chi connectivity index (χ0v) is 14.0. The van der Waals surface area contributed by atoms with Gasteiger partial charge >= 0.3 is 0 Å². The Morgan fingerprint density at radius 3 is 2.59 bits per heavy atom. The maximum atomic E-state index is 12.2. The SMILES string of the molecule is CCOc1ccc(NC(=O)[C@H](C)Sc2nnc(C)n2C)cc1. The number of aryl methyl sites for hydroxylation is 1. The second-order valence-electron chi connectivity index (χ2n) is 4.80. The summed E-state index contributed by atoms with van der Waals surface area (Å²) in [6.07, 6.45) is 0. The lowest BCUT2D eigenvalue weighted by atomic mass is 10.3. The molecule has 1 N–H and O–H groups in total. The van der Waals surface area contributed by atoms with Gasteiger partial charge in [-0.1, -0.05) is 11.8 Å². The molecule has 2 rings (SSSR count). The Morgan fingerprint density at radius 1 is 1.36 bits per heavy atom. The van der Waals surface area contributed by atoms with Crippen LogP contribution in [-0.2, 0) is 11.8 Å². The van der Waals surface area contributed by atoms with Crippen molar-refractivity contribution in [3.05, 3.63) is 30.1 Å². The summed E-state index contributed by atoms with van der Waals surface area (Å²) in [6.45, 7) is 6.28. The maximum Gasteiger partial charge on any atom is 0.237 e. The summed E-state index contributed by atoms with van der Waals surface area (Å²) in [5.74, 6) is 1.54. The Labute approximate surface area is 134 Å². The van der Waals surface area contributed by atoms with E-state index in [1.54, 1.807) is 0 Å². The van der Waals surface area contributed by atoms with Crippen molar-refractivity contribution in [3.63, 3.8) is 0 Å². The molecule has 1 atom stereocenters. The van der Waals surface area contributed by atoms with E-state index >= 15 is 0 Å². The molecule has 0 spiro atoms. The van der Waals surface area contributed by atoms with E-state index in [0.29, 0.717) is 6.61 Å². The summed E-state index contributed by atoms with van der Waals surface area (Å²) >= 11 is 1.38. The molecule has 6 nitrogen and oxygen atoms in total. The van der Waals surface area contributed by atoms with Gasteiger partial charge in [0.15, 0.2) is 5.16 Å². The molecule has 0 saturated heterocycles. The molecule has 22 heavy (non-hydrogen) atoms. The maximum absolute atomic E-state index is 12.2. The Kier molecular flexibility index (Phi) is 5.43. The lowest BCUT2D eigenvalue weighted by Crippen LogP contribution is -2.22. The summed E-state index contributed by atoms with van der Waals surface area (Å²) in [7, 11) is 1.88. The first-order valence-electron chi connectivity index (χ1n) is 7.07. The molecule has 0 aliphatic carbocycles. The number of benzene rings is 1.